The number of benzene rings is 1. The van der Waals surface area contributed by atoms with Crippen LogP contribution in [0.25, 0.3) is 0 Å². The summed E-state index contributed by atoms with van der Waals surface area (Å²) < 4.78 is 0. The molecule has 1 aromatic heterocycles. The van der Waals surface area contributed by atoms with Crippen LogP contribution in [-0.2, 0) is 0 Å². The average molecular weight is 256 g/mol. The second kappa shape index (κ2) is 4.97. The van der Waals surface area contributed by atoms with Crippen molar-refractivity contribution in [3.63, 3.8) is 0 Å². The molecule has 1 aromatic carbocycles. The maximum atomic E-state index is 12.3. The molecule has 0 spiro atoms. The van der Waals surface area contributed by atoms with E-state index in [1.807, 2.05) is 19.9 Å². The van der Waals surface area contributed by atoms with Gasteiger partial charge in [-0.1, -0.05) is 17.2 Å². The number of ketones is 1. The zero-order valence-corrected chi connectivity index (χ0v) is 10.5. The first-order valence-corrected chi connectivity index (χ1v) is 5.66. The number of carbonyl (C=O) groups is 2. The van der Waals surface area contributed by atoms with Gasteiger partial charge in [0.05, 0.1) is 0 Å². The van der Waals surface area contributed by atoms with Crippen molar-refractivity contribution in [1.82, 2.24) is 9.97 Å². The second-order valence-corrected chi connectivity index (χ2v) is 4.26. The van der Waals surface area contributed by atoms with E-state index < -0.39 is 11.8 Å². The monoisotopic (exact) mass is 256 g/mol. The summed E-state index contributed by atoms with van der Waals surface area (Å²) >= 11 is 0. The Kier molecular flexibility index (Phi) is 3.37. The van der Waals surface area contributed by atoms with Gasteiger partial charge in [-0.25, -0.2) is 14.8 Å². The van der Waals surface area contributed by atoms with Gasteiger partial charge in [0.2, 0.25) is 5.78 Å². The minimum absolute atomic E-state index is 0.139. The molecule has 0 atom stereocenters. The Bertz CT molecular complexity index is 645. The molecular formula is C14H12N2O3. The fourth-order valence-corrected chi connectivity index (χ4v) is 1.90. The first-order chi connectivity index (χ1) is 8.99. The van der Waals surface area contributed by atoms with Crippen molar-refractivity contribution in [3.05, 3.63) is 58.7 Å². The van der Waals surface area contributed by atoms with Crippen molar-refractivity contribution >= 4 is 11.8 Å². The third-order valence-corrected chi connectivity index (χ3v) is 2.60. The van der Waals surface area contributed by atoms with Crippen LogP contribution in [0.4, 0.5) is 0 Å². The summed E-state index contributed by atoms with van der Waals surface area (Å²) in [5.41, 5.74) is 1.82. The van der Waals surface area contributed by atoms with Crippen molar-refractivity contribution in [2.45, 2.75) is 13.8 Å². The predicted molar refractivity (Wildman–Crippen MR) is 68.3 cm³/mol. The molecule has 2 rings (SSSR count). The van der Waals surface area contributed by atoms with E-state index in [1.54, 1.807) is 12.1 Å². The van der Waals surface area contributed by atoms with E-state index in [-0.39, 0.29) is 11.4 Å². The van der Waals surface area contributed by atoms with E-state index in [9.17, 15) is 9.59 Å². The maximum Gasteiger partial charge on any atom is 0.356 e. The highest BCUT2D eigenvalue weighted by Crippen LogP contribution is 2.14. The smallest absolute Gasteiger partial charge is 0.356 e. The largest absolute Gasteiger partial charge is 0.476 e. The summed E-state index contributed by atoms with van der Waals surface area (Å²) in [6, 6.07) is 5.34. The number of carboxylic acids is 1. The lowest BCUT2D eigenvalue weighted by molar-refractivity contribution is 0.0685. The van der Waals surface area contributed by atoms with Crippen LogP contribution in [0.1, 0.15) is 37.7 Å². The number of hydrogen-bond donors (Lipinski definition) is 1. The van der Waals surface area contributed by atoms with E-state index in [1.165, 1.54) is 12.4 Å². The molecule has 0 aliphatic carbocycles. The molecule has 5 nitrogen and oxygen atoms in total. The van der Waals surface area contributed by atoms with Gasteiger partial charge < -0.3 is 5.11 Å². The Morgan fingerprint density at radius 2 is 1.47 bits per heavy atom. The van der Waals surface area contributed by atoms with Crippen molar-refractivity contribution in [2.24, 2.45) is 0 Å². The van der Waals surface area contributed by atoms with Crippen molar-refractivity contribution in [3.8, 4) is 0 Å². The van der Waals surface area contributed by atoms with E-state index in [0.29, 0.717) is 5.56 Å². The van der Waals surface area contributed by atoms with Crippen LogP contribution in [0.15, 0.2) is 30.6 Å². The molecule has 19 heavy (non-hydrogen) atoms. The van der Waals surface area contributed by atoms with Crippen LogP contribution in [0.3, 0.4) is 0 Å². The third-order valence-electron chi connectivity index (χ3n) is 2.60. The van der Waals surface area contributed by atoms with E-state index in [4.69, 9.17) is 5.11 Å². The summed E-state index contributed by atoms with van der Waals surface area (Å²) in [5.74, 6) is -1.70. The molecule has 1 heterocycles. The summed E-state index contributed by atoms with van der Waals surface area (Å²) in [5, 5.41) is 9.02. The van der Waals surface area contributed by atoms with Crippen LogP contribution >= 0.6 is 0 Å². The molecular weight excluding hydrogens is 244 g/mol. The van der Waals surface area contributed by atoms with Gasteiger partial charge in [-0.15, -0.1) is 0 Å². The van der Waals surface area contributed by atoms with Crippen LogP contribution in [0.2, 0.25) is 0 Å². The quantitative estimate of drug-likeness (QED) is 0.850. The Morgan fingerprint density at radius 3 is 2.00 bits per heavy atom. The van der Waals surface area contributed by atoms with Gasteiger partial charge in [0, 0.05) is 18.0 Å². The van der Waals surface area contributed by atoms with Crippen molar-refractivity contribution in [1.29, 1.82) is 0 Å². The SMILES string of the molecule is Cc1cc(C)cc(C(=O)c2nccnc2C(=O)O)c1. The number of rotatable bonds is 3. The van der Waals surface area contributed by atoms with Crippen LogP contribution in [-0.4, -0.2) is 26.8 Å². The fraction of sp³-hybridized carbons (Fsp3) is 0.143. The number of nitrogens with zero attached hydrogens (tertiary/aromatic N) is 2. The first-order valence-electron chi connectivity index (χ1n) is 5.66. The number of carboxylic acid groups (broad SMARTS) is 1. The minimum atomic E-state index is -1.26. The van der Waals surface area contributed by atoms with Gasteiger partial charge in [0.15, 0.2) is 5.69 Å². The highest BCUT2D eigenvalue weighted by atomic mass is 16.4. The second-order valence-electron chi connectivity index (χ2n) is 4.26. The molecule has 0 aliphatic rings. The Morgan fingerprint density at radius 1 is 0.947 bits per heavy atom. The van der Waals surface area contributed by atoms with Gasteiger partial charge in [-0.3, -0.25) is 4.79 Å². The summed E-state index contributed by atoms with van der Waals surface area (Å²) in [6.07, 6.45) is 2.56. The van der Waals surface area contributed by atoms with Gasteiger partial charge in [-0.05, 0) is 26.0 Å². The van der Waals surface area contributed by atoms with Crippen molar-refractivity contribution < 1.29 is 14.7 Å². The standard InChI is InChI=1S/C14H12N2O3/c1-8-5-9(2)7-10(6-8)13(17)11-12(14(18)19)16-4-3-15-11/h3-7H,1-2H3,(H,18,19). The molecule has 96 valence electrons. The maximum absolute atomic E-state index is 12.3. The molecule has 0 fully saturated rings. The zero-order valence-electron chi connectivity index (χ0n) is 10.5. The zero-order chi connectivity index (χ0) is 14.0. The number of carbonyl (C=O) groups excluding carboxylic acids is 1. The summed E-state index contributed by atoms with van der Waals surface area (Å²) in [7, 11) is 0. The van der Waals surface area contributed by atoms with Gasteiger partial charge >= 0.3 is 5.97 Å². The topological polar surface area (TPSA) is 80.2 Å². The number of aromatic carboxylic acids is 1. The summed E-state index contributed by atoms with van der Waals surface area (Å²) in [4.78, 5) is 30.9. The third kappa shape index (κ3) is 2.65. The van der Waals surface area contributed by atoms with Gasteiger partial charge in [0.25, 0.3) is 0 Å². The molecule has 0 amide bonds. The van der Waals surface area contributed by atoms with E-state index >= 15 is 0 Å². The van der Waals surface area contributed by atoms with E-state index in [0.717, 1.165) is 11.1 Å². The highest BCUT2D eigenvalue weighted by Gasteiger charge is 2.20. The number of hydrogen-bond acceptors (Lipinski definition) is 4. The van der Waals surface area contributed by atoms with Crippen LogP contribution in [0, 0.1) is 13.8 Å². The Hall–Kier alpha value is -2.56. The first kappa shape index (κ1) is 12.9. The lowest BCUT2D eigenvalue weighted by Gasteiger charge is -2.05. The van der Waals surface area contributed by atoms with Crippen molar-refractivity contribution in [2.75, 3.05) is 0 Å². The van der Waals surface area contributed by atoms with Crippen LogP contribution < -0.4 is 0 Å². The minimum Gasteiger partial charge on any atom is -0.476 e. The number of aromatic nitrogens is 2. The van der Waals surface area contributed by atoms with Gasteiger partial charge in [0.1, 0.15) is 5.69 Å². The molecule has 1 N–H and O–H groups in total. The average Bonchev–Trinajstić information content (AvgIpc) is 2.36. The Balaban J connectivity index is 2.53. The summed E-state index contributed by atoms with van der Waals surface area (Å²) in [6.45, 7) is 3.75. The molecule has 0 radical (unpaired) electrons. The number of aryl methyl sites for hydroxylation is 2. The highest BCUT2D eigenvalue weighted by molar-refractivity contribution is 6.12. The van der Waals surface area contributed by atoms with Crippen LogP contribution in [0.5, 0.6) is 0 Å². The van der Waals surface area contributed by atoms with E-state index in [2.05, 4.69) is 9.97 Å². The molecule has 0 aliphatic heterocycles. The van der Waals surface area contributed by atoms with Gasteiger partial charge in [-0.2, -0.15) is 0 Å². The lowest BCUT2D eigenvalue weighted by atomic mass is 10.0. The molecule has 0 saturated heterocycles. The molecule has 0 bridgehead atoms. The Labute approximate surface area is 110 Å². The normalized spacial score (nSPS) is 10.2. The molecule has 2 aromatic rings. The molecule has 0 unspecified atom stereocenters. The predicted octanol–water partition coefficient (Wildman–Crippen LogP) is 2.02. The molecule has 0 saturated carbocycles. The molecule has 5 heteroatoms. The lowest BCUT2D eigenvalue weighted by Crippen LogP contribution is -2.14. The fourth-order valence-electron chi connectivity index (χ4n) is 1.90.